The van der Waals surface area contributed by atoms with Gasteiger partial charge in [0, 0.05) is 16.6 Å². The Kier molecular flexibility index (Phi) is 6.90. The Balaban J connectivity index is 2.48. The molecule has 2 N–H and O–H groups in total. The Morgan fingerprint density at radius 2 is 1.94 bits per heavy atom. The van der Waals surface area contributed by atoms with Crippen LogP contribution in [0.3, 0.4) is 0 Å². The zero-order valence-corrected chi connectivity index (χ0v) is 13.3. The molecule has 1 aromatic rings. The molecule has 1 atom stereocenters. The van der Waals surface area contributed by atoms with E-state index >= 15 is 0 Å². The molecule has 1 aromatic carbocycles. The highest BCUT2D eigenvalue weighted by Gasteiger charge is 2.12. The molecule has 0 saturated carbocycles. The largest absolute Gasteiger partial charge is 0.324 e. The molecule has 1 unspecified atom stereocenters. The minimum atomic E-state index is 0.124. The number of halogens is 1. The minimum Gasteiger partial charge on any atom is -0.324 e. The van der Waals surface area contributed by atoms with E-state index in [2.05, 4.69) is 53.9 Å². The van der Waals surface area contributed by atoms with Gasteiger partial charge in [-0.15, -0.1) is 0 Å². The molecule has 0 saturated heterocycles. The quantitative estimate of drug-likeness (QED) is 0.825. The van der Waals surface area contributed by atoms with Crippen LogP contribution in [0.1, 0.15) is 44.7 Å². The molecule has 0 aliphatic heterocycles. The van der Waals surface area contributed by atoms with Crippen LogP contribution in [0.2, 0.25) is 0 Å². The van der Waals surface area contributed by atoms with Gasteiger partial charge < -0.3 is 10.6 Å². The molecular weight excluding hydrogens is 288 g/mol. The lowest BCUT2D eigenvalue weighted by Crippen LogP contribution is -2.33. The molecule has 0 aliphatic carbocycles. The molecule has 1 rings (SSSR count). The molecule has 0 bridgehead atoms. The zero-order chi connectivity index (χ0) is 13.5. The zero-order valence-electron chi connectivity index (χ0n) is 11.7. The number of benzene rings is 1. The number of rotatable bonds is 7. The predicted octanol–water partition coefficient (Wildman–Crippen LogP) is 3.96. The first-order valence-corrected chi connectivity index (χ1v) is 7.59. The van der Waals surface area contributed by atoms with E-state index in [9.17, 15) is 0 Å². The summed E-state index contributed by atoms with van der Waals surface area (Å²) in [7, 11) is 2.20. The van der Waals surface area contributed by atoms with Gasteiger partial charge in [0.15, 0.2) is 0 Å². The fourth-order valence-corrected chi connectivity index (χ4v) is 2.76. The summed E-state index contributed by atoms with van der Waals surface area (Å²) in [5, 5.41) is 0. The maximum atomic E-state index is 6.25. The SMILES string of the molecule is CCC(CC)N(C)CCC(N)c1cccc(Br)c1. The first kappa shape index (κ1) is 15.7. The summed E-state index contributed by atoms with van der Waals surface area (Å²) in [4.78, 5) is 2.43. The lowest BCUT2D eigenvalue weighted by Gasteiger charge is -2.27. The van der Waals surface area contributed by atoms with Gasteiger partial charge in [0.05, 0.1) is 0 Å². The molecule has 0 spiro atoms. The average Bonchev–Trinajstić information content (AvgIpc) is 2.37. The third-order valence-corrected chi connectivity index (χ3v) is 4.13. The second-order valence-electron chi connectivity index (χ2n) is 4.90. The summed E-state index contributed by atoms with van der Waals surface area (Å²) >= 11 is 3.49. The van der Waals surface area contributed by atoms with Crippen molar-refractivity contribution in [3.8, 4) is 0 Å². The van der Waals surface area contributed by atoms with Crippen LogP contribution in [0.15, 0.2) is 28.7 Å². The second kappa shape index (κ2) is 7.93. The summed E-state index contributed by atoms with van der Waals surface area (Å²) in [6.07, 6.45) is 3.42. The standard InChI is InChI=1S/C15H25BrN2/c1-4-14(5-2)18(3)10-9-15(17)12-7-6-8-13(16)11-12/h6-8,11,14-15H,4-5,9-10,17H2,1-3H3. The van der Waals surface area contributed by atoms with Crippen molar-refractivity contribution in [1.82, 2.24) is 4.90 Å². The lowest BCUT2D eigenvalue weighted by atomic mass is 10.0. The van der Waals surface area contributed by atoms with Gasteiger partial charge in [-0.2, -0.15) is 0 Å². The molecule has 102 valence electrons. The van der Waals surface area contributed by atoms with Crippen LogP contribution in [0, 0.1) is 0 Å². The Hall–Kier alpha value is -0.380. The first-order chi connectivity index (χ1) is 8.58. The van der Waals surface area contributed by atoms with Gasteiger partial charge in [0.25, 0.3) is 0 Å². The van der Waals surface area contributed by atoms with Gasteiger partial charge in [-0.3, -0.25) is 0 Å². The number of nitrogens with zero attached hydrogens (tertiary/aromatic N) is 1. The summed E-state index contributed by atoms with van der Waals surface area (Å²) in [6, 6.07) is 9.10. The molecule has 18 heavy (non-hydrogen) atoms. The summed E-state index contributed by atoms with van der Waals surface area (Å²) in [6.45, 7) is 5.55. The number of hydrogen-bond acceptors (Lipinski definition) is 2. The van der Waals surface area contributed by atoms with Crippen molar-refractivity contribution in [3.63, 3.8) is 0 Å². The maximum absolute atomic E-state index is 6.25. The predicted molar refractivity (Wildman–Crippen MR) is 82.7 cm³/mol. The van der Waals surface area contributed by atoms with Crippen LogP contribution in [-0.2, 0) is 0 Å². The first-order valence-electron chi connectivity index (χ1n) is 6.79. The van der Waals surface area contributed by atoms with E-state index in [4.69, 9.17) is 5.73 Å². The van der Waals surface area contributed by atoms with Crippen molar-refractivity contribution in [1.29, 1.82) is 0 Å². The maximum Gasteiger partial charge on any atom is 0.0307 e. The molecular formula is C15H25BrN2. The van der Waals surface area contributed by atoms with Gasteiger partial charge in [0.1, 0.15) is 0 Å². The topological polar surface area (TPSA) is 29.3 Å². The van der Waals surface area contributed by atoms with Crippen LogP contribution < -0.4 is 5.73 Å². The molecule has 0 amide bonds. The molecule has 0 fully saturated rings. The van der Waals surface area contributed by atoms with E-state index in [1.807, 2.05) is 12.1 Å². The van der Waals surface area contributed by atoms with Crippen molar-refractivity contribution in [2.45, 2.75) is 45.2 Å². The van der Waals surface area contributed by atoms with E-state index in [1.165, 1.54) is 18.4 Å². The highest BCUT2D eigenvalue weighted by atomic mass is 79.9. The Morgan fingerprint density at radius 3 is 2.50 bits per heavy atom. The Bertz CT molecular complexity index is 350. The van der Waals surface area contributed by atoms with Crippen molar-refractivity contribution in [2.24, 2.45) is 5.73 Å². The molecule has 0 radical (unpaired) electrons. The van der Waals surface area contributed by atoms with E-state index in [0.717, 1.165) is 17.4 Å². The summed E-state index contributed by atoms with van der Waals surface area (Å²) < 4.78 is 1.10. The monoisotopic (exact) mass is 312 g/mol. The van der Waals surface area contributed by atoms with Crippen LogP contribution in [0.5, 0.6) is 0 Å². The van der Waals surface area contributed by atoms with Crippen LogP contribution in [0.25, 0.3) is 0 Å². The molecule has 0 aromatic heterocycles. The van der Waals surface area contributed by atoms with E-state index < -0.39 is 0 Å². The van der Waals surface area contributed by atoms with Gasteiger partial charge in [0.2, 0.25) is 0 Å². The highest BCUT2D eigenvalue weighted by molar-refractivity contribution is 9.10. The van der Waals surface area contributed by atoms with E-state index in [0.29, 0.717) is 6.04 Å². The Morgan fingerprint density at radius 1 is 1.28 bits per heavy atom. The van der Waals surface area contributed by atoms with Crippen molar-refractivity contribution in [2.75, 3.05) is 13.6 Å². The third-order valence-electron chi connectivity index (χ3n) is 3.64. The Labute approximate surface area is 120 Å². The fourth-order valence-electron chi connectivity index (χ4n) is 2.34. The molecule has 0 aliphatic rings. The molecule has 3 heteroatoms. The van der Waals surface area contributed by atoms with Crippen molar-refractivity contribution in [3.05, 3.63) is 34.3 Å². The van der Waals surface area contributed by atoms with Gasteiger partial charge in [-0.05, 0) is 50.6 Å². The third kappa shape index (κ3) is 4.71. The summed E-state index contributed by atoms with van der Waals surface area (Å²) in [5.41, 5.74) is 7.46. The van der Waals surface area contributed by atoms with Crippen LogP contribution >= 0.6 is 15.9 Å². The normalized spacial score (nSPS) is 13.3. The fraction of sp³-hybridized carbons (Fsp3) is 0.600. The van der Waals surface area contributed by atoms with E-state index in [1.54, 1.807) is 0 Å². The van der Waals surface area contributed by atoms with Gasteiger partial charge in [-0.25, -0.2) is 0 Å². The molecule has 0 heterocycles. The second-order valence-corrected chi connectivity index (χ2v) is 5.82. The van der Waals surface area contributed by atoms with Crippen LogP contribution in [0.4, 0.5) is 0 Å². The van der Waals surface area contributed by atoms with Gasteiger partial charge in [-0.1, -0.05) is 41.9 Å². The lowest BCUT2D eigenvalue weighted by molar-refractivity contribution is 0.222. The number of nitrogens with two attached hydrogens (primary N) is 1. The van der Waals surface area contributed by atoms with E-state index in [-0.39, 0.29) is 6.04 Å². The van der Waals surface area contributed by atoms with Gasteiger partial charge >= 0.3 is 0 Å². The number of hydrogen-bond donors (Lipinski definition) is 1. The molecule has 2 nitrogen and oxygen atoms in total. The smallest absolute Gasteiger partial charge is 0.0307 e. The summed E-state index contributed by atoms with van der Waals surface area (Å²) in [5.74, 6) is 0. The van der Waals surface area contributed by atoms with Crippen molar-refractivity contribution >= 4 is 15.9 Å². The average molecular weight is 313 g/mol. The minimum absolute atomic E-state index is 0.124. The highest BCUT2D eigenvalue weighted by Crippen LogP contribution is 2.19. The van der Waals surface area contributed by atoms with Crippen molar-refractivity contribution < 1.29 is 0 Å². The van der Waals surface area contributed by atoms with Crippen LogP contribution in [-0.4, -0.2) is 24.5 Å².